The topological polar surface area (TPSA) is 105 Å². The van der Waals surface area contributed by atoms with Crippen LogP contribution in [0.5, 0.6) is 0 Å². The van der Waals surface area contributed by atoms with E-state index in [1.54, 1.807) is 0 Å². The summed E-state index contributed by atoms with van der Waals surface area (Å²) >= 11 is 0. The fraction of sp³-hybridized carbons (Fsp3) is 0.464. The maximum atomic E-state index is 12.6. The Kier molecular flexibility index (Phi) is 9.29. The molecule has 2 aromatic carbocycles. The molecule has 1 unspecified atom stereocenters. The van der Waals surface area contributed by atoms with E-state index in [1.165, 1.54) is 11.1 Å². The van der Waals surface area contributed by atoms with Gasteiger partial charge in [-0.15, -0.1) is 0 Å². The molecule has 188 valence electrons. The van der Waals surface area contributed by atoms with Crippen molar-refractivity contribution >= 4 is 18.0 Å². The van der Waals surface area contributed by atoms with E-state index in [-0.39, 0.29) is 49.2 Å². The van der Waals surface area contributed by atoms with Crippen LogP contribution in [0.15, 0.2) is 48.5 Å². The first-order chi connectivity index (χ1) is 16.8. The van der Waals surface area contributed by atoms with Gasteiger partial charge in [-0.05, 0) is 46.9 Å². The number of benzene rings is 2. The molecule has 0 heterocycles. The Morgan fingerprint density at radius 2 is 1.54 bits per heavy atom. The number of carbonyl (C=O) groups is 3. The Bertz CT molecular complexity index is 990. The lowest BCUT2D eigenvalue weighted by molar-refractivity contribution is -0.137. The number of nitrogens with one attached hydrogen (secondary N) is 2. The minimum absolute atomic E-state index is 0.0166. The fourth-order valence-electron chi connectivity index (χ4n) is 4.49. The van der Waals surface area contributed by atoms with Crippen molar-refractivity contribution in [3.05, 3.63) is 59.7 Å². The van der Waals surface area contributed by atoms with Crippen LogP contribution in [-0.2, 0) is 14.3 Å². The number of rotatable bonds is 12. The number of amides is 2. The van der Waals surface area contributed by atoms with E-state index < -0.39 is 12.1 Å². The van der Waals surface area contributed by atoms with Crippen LogP contribution in [0.2, 0.25) is 0 Å². The minimum atomic E-state index is -0.806. The van der Waals surface area contributed by atoms with Gasteiger partial charge < -0.3 is 20.5 Å². The summed E-state index contributed by atoms with van der Waals surface area (Å²) in [6, 6.07) is 16.0. The van der Waals surface area contributed by atoms with Crippen LogP contribution in [-0.4, -0.2) is 42.3 Å². The molecule has 1 aliphatic rings. The number of ether oxygens (including phenoxy) is 1. The van der Waals surface area contributed by atoms with E-state index in [1.807, 2.05) is 45.0 Å². The Morgan fingerprint density at radius 1 is 0.943 bits per heavy atom. The monoisotopic (exact) mass is 480 g/mol. The maximum Gasteiger partial charge on any atom is 0.407 e. The zero-order chi connectivity index (χ0) is 25.4. The smallest absolute Gasteiger partial charge is 0.407 e. The number of aliphatic carboxylic acids is 1. The highest BCUT2D eigenvalue weighted by Crippen LogP contribution is 2.44. The summed E-state index contributed by atoms with van der Waals surface area (Å²) in [7, 11) is 0. The van der Waals surface area contributed by atoms with Crippen LogP contribution in [0, 0.1) is 11.8 Å². The van der Waals surface area contributed by atoms with Crippen molar-refractivity contribution in [3.8, 4) is 11.1 Å². The van der Waals surface area contributed by atoms with E-state index in [4.69, 9.17) is 9.84 Å². The van der Waals surface area contributed by atoms with Crippen LogP contribution < -0.4 is 10.6 Å². The second kappa shape index (κ2) is 12.4. The van der Waals surface area contributed by atoms with Crippen LogP contribution in [0.25, 0.3) is 11.1 Å². The summed E-state index contributed by atoms with van der Waals surface area (Å²) in [6.45, 7) is 6.59. The first-order valence-corrected chi connectivity index (χ1v) is 12.4. The molecule has 3 N–H and O–H groups in total. The predicted molar refractivity (Wildman–Crippen MR) is 135 cm³/mol. The third kappa shape index (κ3) is 7.31. The lowest BCUT2D eigenvalue weighted by atomic mass is 9.98. The van der Waals surface area contributed by atoms with Gasteiger partial charge in [0.05, 0.1) is 0 Å². The molecule has 0 aliphatic heterocycles. The van der Waals surface area contributed by atoms with Gasteiger partial charge in [-0.1, -0.05) is 69.3 Å². The zero-order valence-electron chi connectivity index (χ0n) is 20.8. The summed E-state index contributed by atoms with van der Waals surface area (Å²) in [6.07, 6.45) is 1.06. The number of hydrogen-bond donors (Lipinski definition) is 3. The third-order valence-electron chi connectivity index (χ3n) is 6.67. The molecular formula is C28H36N2O5. The Labute approximate surface area is 207 Å². The van der Waals surface area contributed by atoms with Gasteiger partial charge >= 0.3 is 12.1 Å². The lowest BCUT2D eigenvalue weighted by Gasteiger charge is -2.23. The standard InChI is InChI=1S/C28H36N2O5/c1-18(2)25(16-26(31)29-15-14-19(3)12-13-27(32)33)30-28(34)35-17-24-22-10-6-4-8-20(22)21-9-5-7-11-23(21)24/h4-11,18-19,24-25H,12-17H2,1-3H3,(H,29,31)(H,30,34)(H,32,33)/t19?,25-/m0/s1. The predicted octanol–water partition coefficient (Wildman–Crippen LogP) is 4.95. The average Bonchev–Trinajstić information content (AvgIpc) is 3.14. The molecule has 0 aromatic heterocycles. The summed E-state index contributed by atoms with van der Waals surface area (Å²) < 4.78 is 5.63. The van der Waals surface area contributed by atoms with E-state index in [9.17, 15) is 14.4 Å². The third-order valence-corrected chi connectivity index (χ3v) is 6.67. The molecule has 7 heteroatoms. The van der Waals surface area contributed by atoms with Crippen molar-refractivity contribution in [1.82, 2.24) is 10.6 Å². The van der Waals surface area contributed by atoms with Crippen LogP contribution >= 0.6 is 0 Å². The minimum Gasteiger partial charge on any atom is -0.481 e. The molecule has 1 aliphatic carbocycles. The summed E-state index contributed by atoms with van der Waals surface area (Å²) in [4.78, 5) is 35.7. The number of carbonyl (C=O) groups excluding carboxylic acids is 2. The van der Waals surface area contributed by atoms with Gasteiger partial charge in [-0.2, -0.15) is 0 Å². The van der Waals surface area contributed by atoms with Crippen LogP contribution in [0.3, 0.4) is 0 Å². The van der Waals surface area contributed by atoms with Gasteiger partial charge in [0.2, 0.25) is 5.91 Å². The summed E-state index contributed by atoms with van der Waals surface area (Å²) in [5.41, 5.74) is 4.65. The van der Waals surface area contributed by atoms with Crippen molar-refractivity contribution in [2.24, 2.45) is 11.8 Å². The molecule has 7 nitrogen and oxygen atoms in total. The normalized spacial score (nSPS) is 14.1. The Hall–Kier alpha value is -3.35. The largest absolute Gasteiger partial charge is 0.481 e. The zero-order valence-corrected chi connectivity index (χ0v) is 20.8. The number of hydrogen-bond acceptors (Lipinski definition) is 4. The molecule has 2 atom stereocenters. The molecular weight excluding hydrogens is 444 g/mol. The molecule has 0 saturated carbocycles. The van der Waals surface area contributed by atoms with Crippen molar-refractivity contribution in [2.45, 2.75) is 58.4 Å². The van der Waals surface area contributed by atoms with Crippen LogP contribution in [0.4, 0.5) is 4.79 Å². The average molecular weight is 481 g/mol. The van der Waals surface area contributed by atoms with Gasteiger partial charge in [0.15, 0.2) is 0 Å². The van der Waals surface area contributed by atoms with Crippen molar-refractivity contribution in [3.63, 3.8) is 0 Å². The lowest BCUT2D eigenvalue weighted by Crippen LogP contribution is -2.43. The maximum absolute atomic E-state index is 12.6. The van der Waals surface area contributed by atoms with E-state index >= 15 is 0 Å². The van der Waals surface area contributed by atoms with E-state index in [2.05, 4.69) is 34.9 Å². The second-order valence-corrected chi connectivity index (χ2v) is 9.70. The molecule has 0 radical (unpaired) electrons. The van der Waals surface area contributed by atoms with Crippen molar-refractivity contribution in [1.29, 1.82) is 0 Å². The van der Waals surface area contributed by atoms with Crippen LogP contribution in [0.1, 0.15) is 63.5 Å². The molecule has 0 fully saturated rings. The molecule has 3 rings (SSSR count). The highest BCUT2D eigenvalue weighted by atomic mass is 16.5. The first-order valence-electron chi connectivity index (χ1n) is 12.4. The highest BCUT2D eigenvalue weighted by Gasteiger charge is 2.29. The van der Waals surface area contributed by atoms with Gasteiger partial charge in [0.25, 0.3) is 0 Å². The second-order valence-electron chi connectivity index (χ2n) is 9.70. The molecule has 2 aromatic rings. The number of alkyl carbamates (subject to hydrolysis) is 1. The highest BCUT2D eigenvalue weighted by molar-refractivity contribution is 5.79. The Morgan fingerprint density at radius 3 is 2.11 bits per heavy atom. The quantitative estimate of drug-likeness (QED) is 0.399. The fourth-order valence-corrected chi connectivity index (χ4v) is 4.49. The van der Waals surface area contributed by atoms with E-state index in [0.29, 0.717) is 19.4 Å². The SMILES string of the molecule is CC(CCNC(=O)C[C@H](NC(=O)OCC1c2ccccc2-c2ccccc21)C(C)C)CCC(=O)O. The molecule has 0 spiro atoms. The summed E-state index contributed by atoms with van der Waals surface area (Å²) in [5.74, 6) is -0.702. The van der Waals surface area contributed by atoms with E-state index in [0.717, 1.165) is 11.1 Å². The molecule has 2 amide bonds. The van der Waals surface area contributed by atoms with Gasteiger partial charge in [-0.3, -0.25) is 9.59 Å². The molecule has 0 bridgehead atoms. The molecule has 0 saturated heterocycles. The number of carboxylic acid groups (broad SMARTS) is 1. The number of fused-ring (bicyclic) bond motifs is 3. The van der Waals surface area contributed by atoms with Gasteiger partial charge in [0, 0.05) is 31.3 Å². The van der Waals surface area contributed by atoms with Gasteiger partial charge in [-0.25, -0.2) is 4.79 Å². The van der Waals surface area contributed by atoms with Crippen molar-refractivity contribution < 1.29 is 24.2 Å². The molecule has 35 heavy (non-hydrogen) atoms. The number of carboxylic acids is 1. The first kappa shape index (κ1) is 26.3. The van der Waals surface area contributed by atoms with Gasteiger partial charge in [0.1, 0.15) is 6.61 Å². The summed E-state index contributed by atoms with van der Waals surface area (Å²) in [5, 5.41) is 14.5. The Balaban J connectivity index is 1.48. The van der Waals surface area contributed by atoms with Crippen molar-refractivity contribution in [2.75, 3.05) is 13.2 Å².